The number of hydrogen-bond donors (Lipinski definition) is 2. The Kier molecular flexibility index (Phi) is 28.4. The zero-order chi connectivity index (χ0) is 30.4. The number of phosphoric acid groups is 1. The maximum Gasteiger partial charge on any atom is 0.472 e. The Balaban J connectivity index is 4.21. The van der Waals surface area contributed by atoms with Gasteiger partial charge in [-0.25, -0.2) is 4.57 Å². The van der Waals surface area contributed by atoms with Crippen molar-refractivity contribution in [1.29, 1.82) is 0 Å². The highest BCUT2D eigenvalue weighted by molar-refractivity contribution is 7.47. The molecule has 0 aromatic rings. The molecule has 0 rings (SSSR count). The summed E-state index contributed by atoms with van der Waals surface area (Å²) >= 11 is 0. The van der Waals surface area contributed by atoms with Crippen LogP contribution in [-0.2, 0) is 32.7 Å². The molecule has 0 spiro atoms. The second kappa shape index (κ2) is 29.1. The molecule has 1 unspecified atom stereocenters. The fraction of sp³-hybridized carbons (Fsp3) is 0.935. The van der Waals surface area contributed by atoms with Gasteiger partial charge in [0.1, 0.15) is 6.61 Å². The second-order valence-corrected chi connectivity index (χ2v) is 12.5. The number of phosphoric ester groups is 1. The van der Waals surface area contributed by atoms with Crippen molar-refractivity contribution >= 4 is 19.8 Å². The largest absolute Gasteiger partial charge is 0.472 e. The Bertz CT molecular complexity index is 664. The van der Waals surface area contributed by atoms with Crippen LogP contribution in [-0.4, -0.2) is 49.3 Å². The van der Waals surface area contributed by atoms with Crippen molar-refractivity contribution in [3.8, 4) is 0 Å². The van der Waals surface area contributed by atoms with E-state index in [0.29, 0.717) is 6.42 Å². The molecule has 0 saturated heterocycles. The van der Waals surface area contributed by atoms with Crippen molar-refractivity contribution in [3.05, 3.63) is 0 Å². The molecule has 0 saturated carbocycles. The molecule has 9 nitrogen and oxygen atoms in total. The number of carbonyl (C=O) groups is 2. The van der Waals surface area contributed by atoms with Gasteiger partial charge in [-0.05, 0) is 12.8 Å². The number of esters is 2. The molecule has 0 aliphatic heterocycles. The first-order valence-electron chi connectivity index (χ1n) is 16.5. The van der Waals surface area contributed by atoms with E-state index in [1.165, 1.54) is 83.5 Å². The lowest BCUT2D eigenvalue weighted by molar-refractivity contribution is -0.161. The Morgan fingerprint density at radius 1 is 0.634 bits per heavy atom. The van der Waals surface area contributed by atoms with E-state index >= 15 is 0 Å². The van der Waals surface area contributed by atoms with Crippen LogP contribution in [0.2, 0.25) is 0 Å². The van der Waals surface area contributed by atoms with Crippen LogP contribution in [0.3, 0.4) is 0 Å². The predicted molar refractivity (Wildman–Crippen MR) is 165 cm³/mol. The van der Waals surface area contributed by atoms with Crippen LogP contribution in [0, 0.1) is 0 Å². The van der Waals surface area contributed by atoms with Crippen molar-refractivity contribution in [2.75, 3.05) is 26.4 Å². The lowest BCUT2D eigenvalue weighted by Crippen LogP contribution is -2.29. The summed E-state index contributed by atoms with van der Waals surface area (Å²) in [6.45, 7) is 3.66. The number of hydrogen-bond acceptors (Lipinski definition) is 8. The SMILES string of the molecule is CCCCCCCCCCCCCCCC(=O)OC[C@H](COP(=O)(O)OCCN)OC(=O)CCCCCCCCC. The summed E-state index contributed by atoms with van der Waals surface area (Å²) < 4.78 is 32.4. The lowest BCUT2D eigenvalue weighted by Gasteiger charge is -2.19. The number of unbranched alkanes of at least 4 members (excludes halogenated alkanes) is 18. The third-order valence-corrected chi connectivity index (χ3v) is 7.98. The van der Waals surface area contributed by atoms with Gasteiger partial charge in [0.25, 0.3) is 0 Å². The van der Waals surface area contributed by atoms with E-state index in [4.69, 9.17) is 24.3 Å². The first-order chi connectivity index (χ1) is 19.8. The van der Waals surface area contributed by atoms with Gasteiger partial charge in [-0.1, -0.05) is 129 Å². The van der Waals surface area contributed by atoms with Gasteiger partial charge in [0.15, 0.2) is 6.10 Å². The van der Waals surface area contributed by atoms with E-state index < -0.39 is 26.5 Å². The lowest BCUT2D eigenvalue weighted by atomic mass is 10.0. The minimum Gasteiger partial charge on any atom is -0.462 e. The summed E-state index contributed by atoms with van der Waals surface area (Å²) in [4.78, 5) is 34.4. The second-order valence-electron chi connectivity index (χ2n) is 11.0. The average molecular weight is 608 g/mol. The van der Waals surface area contributed by atoms with Crippen LogP contribution < -0.4 is 5.73 Å². The molecule has 0 aliphatic rings. The van der Waals surface area contributed by atoms with Gasteiger partial charge in [0.2, 0.25) is 0 Å². The van der Waals surface area contributed by atoms with E-state index in [1.807, 2.05) is 0 Å². The van der Waals surface area contributed by atoms with Gasteiger partial charge < -0.3 is 20.1 Å². The summed E-state index contributed by atoms with van der Waals surface area (Å²) in [7, 11) is -4.35. The number of nitrogens with two attached hydrogens (primary N) is 1. The molecule has 0 fully saturated rings. The van der Waals surface area contributed by atoms with Crippen LogP contribution in [0.25, 0.3) is 0 Å². The first kappa shape index (κ1) is 40.0. The van der Waals surface area contributed by atoms with E-state index in [0.717, 1.165) is 38.5 Å². The average Bonchev–Trinajstić information content (AvgIpc) is 2.95. The molecule has 0 aromatic carbocycles. The van der Waals surface area contributed by atoms with Crippen molar-refractivity contribution in [3.63, 3.8) is 0 Å². The predicted octanol–water partition coefficient (Wildman–Crippen LogP) is 8.16. The third kappa shape index (κ3) is 28.9. The van der Waals surface area contributed by atoms with Crippen LogP contribution >= 0.6 is 7.82 Å². The first-order valence-corrected chi connectivity index (χ1v) is 18.0. The quantitative estimate of drug-likeness (QED) is 0.0454. The van der Waals surface area contributed by atoms with Crippen molar-refractivity contribution < 1.29 is 37.6 Å². The van der Waals surface area contributed by atoms with E-state index in [9.17, 15) is 19.0 Å². The molecule has 10 heteroatoms. The Morgan fingerprint density at radius 3 is 1.49 bits per heavy atom. The Hall–Kier alpha value is -0.990. The molecule has 2 atom stereocenters. The summed E-state index contributed by atoms with van der Waals surface area (Å²) in [5, 5.41) is 0. The normalized spacial score (nSPS) is 13.6. The van der Waals surface area contributed by atoms with Crippen molar-refractivity contribution in [1.82, 2.24) is 0 Å². The fourth-order valence-electron chi connectivity index (χ4n) is 4.52. The number of carbonyl (C=O) groups excluding carboxylic acids is 2. The smallest absolute Gasteiger partial charge is 0.462 e. The van der Waals surface area contributed by atoms with Gasteiger partial charge in [0.05, 0.1) is 13.2 Å². The van der Waals surface area contributed by atoms with E-state index in [1.54, 1.807) is 0 Å². The van der Waals surface area contributed by atoms with Crippen LogP contribution in [0.4, 0.5) is 0 Å². The number of rotatable bonds is 31. The molecule has 0 aliphatic carbocycles. The van der Waals surface area contributed by atoms with Crippen LogP contribution in [0.1, 0.15) is 155 Å². The molecule has 0 radical (unpaired) electrons. The van der Waals surface area contributed by atoms with Gasteiger partial charge >= 0.3 is 19.8 Å². The molecule has 41 heavy (non-hydrogen) atoms. The number of ether oxygens (including phenoxy) is 2. The molecule has 0 amide bonds. The van der Waals surface area contributed by atoms with Crippen molar-refractivity contribution in [2.24, 2.45) is 5.73 Å². The summed E-state index contributed by atoms with van der Waals surface area (Å²) in [5.74, 6) is -0.830. The topological polar surface area (TPSA) is 134 Å². The highest BCUT2D eigenvalue weighted by Crippen LogP contribution is 2.43. The monoisotopic (exact) mass is 607 g/mol. The molecule has 3 N–H and O–H groups in total. The van der Waals surface area contributed by atoms with Crippen LogP contribution in [0.15, 0.2) is 0 Å². The van der Waals surface area contributed by atoms with E-state index in [-0.39, 0.29) is 38.6 Å². The summed E-state index contributed by atoms with van der Waals surface area (Å²) in [5.41, 5.74) is 5.30. The van der Waals surface area contributed by atoms with Crippen LogP contribution in [0.5, 0.6) is 0 Å². The molecular weight excluding hydrogens is 545 g/mol. The Morgan fingerprint density at radius 2 is 1.05 bits per heavy atom. The van der Waals surface area contributed by atoms with Gasteiger partial charge in [-0.15, -0.1) is 0 Å². The molecular formula is C31H62NO8P. The Labute approximate surface area is 250 Å². The van der Waals surface area contributed by atoms with Gasteiger partial charge in [-0.3, -0.25) is 18.6 Å². The van der Waals surface area contributed by atoms with E-state index in [2.05, 4.69) is 13.8 Å². The maximum atomic E-state index is 12.3. The zero-order valence-corrected chi connectivity index (χ0v) is 27.2. The third-order valence-electron chi connectivity index (χ3n) is 6.99. The zero-order valence-electron chi connectivity index (χ0n) is 26.3. The van der Waals surface area contributed by atoms with Gasteiger partial charge in [-0.2, -0.15) is 0 Å². The fourth-order valence-corrected chi connectivity index (χ4v) is 5.28. The molecule has 0 bridgehead atoms. The standard InChI is InChI=1S/C31H62NO8P/c1-3-5-7-9-11-12-13-14-15-16-18-19-21-23-30(33)37-27-29(28-39-41(35,36)38-26-25-32)40-31(34)24-22-20-17-10-8-6-4-2/h29H,3-28,32H2,1-2H3,(H,35,36)/t29-/m1/s1. The maximum absolute atomic E-state index is 12.3. The summed E-state index contributed by atoms with van der Waals surface area (Å²) in [6.07, 6.45) is 23.0. The minimum atomic E-state index is -4.35. The molecule has 0 aromatic heterocycles. The molecule has 0 heterocycles. The minimum absolute atomic E-state index is 0.0571. The molecule has 244 valence electrons. The summed E-state index contributed by atoms with van der Waals surface area (Å²) in [6, 6.07) is 0. The highest BCUT2D eigenvalue weighted by Gasteiger charge is 2.25. The van der Waals surface area contributed by atoms with Crippen molar-refractivity contribution in [2.45, 2.75) is 161 Å². The van der Waals surface area contributed by atoms with Gasteiger partial charge in [0, 0.05) is 19.4 Å². The highest BCUT2D eigenvalue weighted by atomic mass is 31.2.